The summed E-state index contributed by atoms with van der Waals surface area (Å²) in [5, 5.41) is 27.2. The van der Waals surface area contributed by atoms with E-state index in [1.54, 1.807) is 6.07 Å². The van der Waals surface area contributed by atoms with Gasteiger partial charge in [0.2, 0.25) is 6.33 Å². The molecule has 2 aromatic rings. The molecule has 11 heteroatoms. The van der Waals surface area contributed by atoms with Crippen LogP contribution in [0.15, 0.2) is 29.6 Å². The lowest BCUT2D eigenvalue weighted by atomic mass is 10.2. The Hall–Kier alpha value is -3.50. The first-order chi connectivity index (χ1) is 11.0. The lowest BCUT2D eigenvalue weighted by Crippen LogP contribution is -2.23. The summed E-state index contributed by atoms with van der Waals surface area (Å²) >= 11 is 0. The summed E-state index contributed by atoms with van der Waals surface area (Å²) in [6, 6.07) is 4.53. The standard InChI is InChI=1S/C12H12N6O5/c1-23-9-2-3-10(19)8(4-9)5-14-15-11(20)6-17-7-13-12(16-17)18(21)22/h2-5,7,19H,6H2,1H3,(H,15,20)/b14-5+. The van der Waals surface area contributed by atoms with E-state index >= 15 is 0 Å². The van der Waals surface area contributed by atoms with E-state index in [1.165, 1.54) is 25.5 Å². The van der Waals surface area contributed by atoms with Crippen molar-refractivity contribution in [3.05, 3.63) is 40.2 Å². The third-order valence-corrected chi connectivity index (χ3v) is 2.62. The van der Waals surface area contributed by atoms with Gasteiger partial charge in [-0.25, -0.2) is 5.43 Å². The Bertz CT molecular complexity index is 756. The molecule has 0 saturated carbocycles. The van der Waals surface area contributed by atoms with Gasteiger partial charge in [0, 0.05) is 10.7 Å². The molecule has 2 rings (SSSR count). The molecular formula is C12H12N6O5. The molecule has 0 spiro atoms. The molecule has 1 aromatic heterocycles. The van der Waals surface area contributed by atoms with Crippen LogP contribution in [0.1, 0.15) is 5.56 Å². The second-order valence-electron chi connectivity index (χ2n) is 4.22. The van der Waals surface area contributed by atoms with Crippen LogP contribution < -0.4 is 10.2 Å². The summed E-state index contributed by atoms with van der Waals surface area (Å²) in [7, 11) is 1.48. The predicted octanol–water partition coefficient (Wildman–Crippen LogP) is 0.0508. The normalized spacial score (nSPS) is 10.7. The Morgan fingerprint density at radius 2 is 2.39 bits per heavy atom. The Morgan fingerprint density at radius 1 is 1.61 bits per heavy atom. The number of amides is 1. The minimum absolute atomic E-state index is 0.0318. The molecule has 2 N–H and O–H groups in total. The Kier molecular flexibility index (Phi) is 4.82. The number of methoxy groups -OCH3 is 1. The highest BCUT2D eigenvalue weighted by Gasteiger charge is 2.14. The molecule has 23 heavy (non-hydrogen) atoms. The highest BCUT2D eigenvalue weighted by molar-refractivity contribution is 5.85. The maximum absolute atomic E-state index is 11.6. The maximum Gasteiger partial charge on any atom is 0.490 e. The number of hydrogen-bond donors (Lipinski definition) is 2. The summed E-state index contributed by atoms with van der Waals surface area (Å²) in [6.07, 6.45) is 2.30. The zero-order valence-electron chi connectivity index (χ0n) is 11.9. The number of carbonyl (C=O) groups excluding carboxylic acids is 1. The van der Waals surface area contributed by atoms with Crippen molar-refractivity contribution in [1.82, 2.24) is 20.2 Å². The molecule has 0 radical (unpaired) electrons. The van der Waals surface area contributed by atoms with Gasteiger partial charge in [-0.2, -0.15) is 9.78 Å². The molecule has 0 bridgehead atoms. The van der Waals surface area contributed by atoms with Gasteiger partial charge in [0.1, 0.15) is 18.0 Å². The van der Waals surface area contributed by atoms with Crippen LogP contribution in [0.3, 0.4) is 0 Å². The van der Waals surface area contributed by atoms with E-state index in [0.29, 0.717) is 11.3 Å². The van der Waals surface area contributed by atoms with E-state index < -0.39 is 16.8 Å². The number of nitrogens with one attached hydrogen (secondary N) is 1. The molecule has 120 valence electrons. The van der Waals surface area contributed by atoms with Crippen LogP contribution in [0.4, 0.5) is 5.95 Å². The van der Waals surface area contributed by atoms with Gasteiger partial charge < -0.3 is 20.0 Å². The largest absolute Gasteiger partial charge is 0.507 e. The molecule has 1 aromatic carbocycles. The number of ether oxygens (including phenoxy) is 1. The van der Waals surface area contributed by atoms with Crippen molar-refractivity contribution in [1.29, 1.82) is 0 Å². The Morgan fingerprint density at radius 3 is 3.04 bits per heavy atom. The number of phenols is 1. The first-order valence-corrected chi connectivity index (χ1v) is 6.22. The number of hydrogen-bond acceptors (Lipinski definition) is 8. The zero-order valence-corrected chi connectivity index (χ0v) is 11.9. The fraction of sp³-hybridized carbons (Fsp3) is 0.167. The first kappa shape index (κ1) is 15.9. The molecule has 0 aliphatic rings. The lowest BCUT2D eigenvalue weighted by Gasteiger charge is -2.03. The molecule has 0 aliphatic carbocycles. The van der Waals surface area contributed by atoms with Crippen molar-refractivity contribution in [2.45, 2.75) is 6.54 Å². The summed E-state index contributed by atoms with van der Waals surface area (Å²) < 4.78 is 6.01. The average Bonchev–Trinajstić information content (AvgIpc) is 2.98. The lowest BCUT2D eigenvalue weighted by molar-refractivity contribution is -0.394. The molecule has 0 atom stereocenters. The molecule has 0 fully saturated rings. The number of benzene rings is 1. The van der Waals surface area contributed by atoms with Crippen LogP contribution in [0, 0.1) is 10.1 Å². The number of rotatable bonds is 6. The zero-order chi connectivity index (χ0) is 16.8. The van der Waals surface area contributed by atoms with Crippen LogP contribution >= 0.6 is 0 Å². The number of aromatic nitrogens is 3. The molecule has 11 nitrogen and oxygen atoms in total. The fourth-order valence-corrected chi connectivity index (χ4v) is 1.56. The van der Waals surface area contributed by atoms with Gasteiger partial charge in [-0.1, -0.05) is 4.98 Å². The number of carbonyl (C=O) groups is 1. The van der Waals surface area contributed by atoms with Gasteiger partial charge >= 0.3 is 5.95 Å². The molecular weight excluding hydrogens is 308 g/mol. The van der Waals surface area contributed by atoms with Crippen molar-refractivity contribution in [3.63, 3.8) is 0 Å². The average molecular weight is 320 g/mol. The minimum Gasteiger partial charge on any atom is -0.507 e. The van der Waals surface area contributed by atoms with Gasteiger partial charge in [0.15, 0.2) is 0 Å². The first-order valence-electron chi connectivity index (χ1n) is 6.22. The second-order valence-corrected chi connectivity index (χ2v) is 4.22. The van der Waals surface area contributed by atoms with E-state index in [9.17, 15) is 20.0 Å². The van der Waals surface area contributed by atoms with E-state index in [2.05, 4.69) is 20.6 Å². The van der Waals surface area contributed by atoms with Crippen molar-refractivity contribution in [3.8, 4) is 11.5 Å². The minimum atomic E-state index is -0.766. The van der Waals surface area contributed by atoms with Crippen molar-refractivity contribution in [2.75, 3.05) is 7.11 Å². The number of nitro groups is 1. The summed E-state index contributed by atoms with van der Waals surface area (Å²) in [5.41, 5.74) is 2.55. The van der Waals surface area contributed by atoms with Gasteiger partial charge in [0.25, 0.3) is 5.91 Å². The van der Waals surface area contributed by atoms with Gasteiger partial charge in [-0.15, -0.1) is 0 Å². The summed E-state index contributed by atoms with van der Waals surface area (Å²) in [6.45, 7) is -0.289. The van der Waals surface area contributed by atoms with E-state index in [1.807, 2.05) is 0 Å². The highest BCUT2D eigenvalue weighted by atomic mass is 16.6. The fourth-order valence-electron chi connectivity index (χ4n) is 1.56. The van der Waals surface area contributed by atoms with Gasteiger partial charge in [-0.3, -0.25) is 4.79 Å². The van der Waals surface area contributed by atoms with Crippen molar-refractivity contribution >= 4 is 18.1 Å². The molecule has 1 heterocycles. The molecule has 0 unspecified atom stereocenters. The van der Waals surface area contributed by atoms with Crippen LogP contribution in [0.5, 0.6) is 11.5 Å². The predicted molar refractivity (Wildman–Crippen MR) is 77.1 cm³/mol. The molecule has 1 amide bonds. The highest BCUT2D eigenvalue weighted by Crippen LogP contribution is 2.20. The van der Waals surface area contributed by atoms with E-state index in [-0.39, 0.29) is 12.3 Å². The van der Waals surface area contributed by atoms with Crippen LogP contribution in [-0.4, -0.2) is 44.0 Å². The number of phenolic OH excluding ortho intramolecular Hbond substituents is 1. The summed E-state index contributed by atoms with van der Waals surface area (Å²) in [5.74, 6) is -0.674. The summed E-state index contributed by atoms with van der Waals surface area (Å²) in [4.78, 5) is 24.7. The SMILES string of the molecule is COc1ccc(O)c(/C=N/NC(=O)Cn2cnc([N+](=O)[O-])n2)c1. The number of aromatic hydroxyl groups is 1. The topological polar surface area (TPSA) is 145 Å². The number of hydrazone groups is 1. The van der Waals surface area contributed by atoms with E-state index in [0.717, 1.165) is 11.0 Å². The van der Waals surface area contributed by atoms with Gasteiger partial charge in [0.05, 0.1) is 13.3 Å². The van der Waals surface area contributed by atoms with Crippen LogP contribution in [-0.2, 0) is 11.3 Å². The third kappa shape index (κ3) is 4.23. The maximum atomic E-state index is 11.6. The smallest absolute Gasteiger partial charge is 0.490 e. The Labute approximate surface area is 129 Å². The molecule has 0 aliphatic heterocycles. The number of nitrogens with zero attached hydrogens (tertiary/aromatic N) is 5. The second kappa shape index (κ2) is 6.98. The quantitative estimate of drug-likeness (QED) is 0.434. The monoisotopic (exact) mass is 320 g/mol. The van der Waals surface area contributed by atoms with Crippen molar-refractivity contribution < 1.29 is 19.6 Å². The van der Waals surface area contributed by atoms with Crippen molar-refractivity contribution in [2.24, 2.45) is 5.10 Å². The Balaban J connectivity index is 1.94. The van der Waals surface area contributed by atoms with Crippen LogP contribution in [0.2, 0.25) is 0 Å². The third-order valence-electron chi connectivity index (χ3n) is 2.62. The molecule has 0 saturated heterocycles. The van der Waals surface area contributed by atoms with Gasteiger partial charge in [-0.05, 0) is 23.1 Å². The van der Waals surface area contributed by atoms with Crippen LogP contribution in [0.25, 0.3) is 0 Å². The van der Waals surface area contributed by atoms with E-state index in [4.69, 9.17) is 4.74 Å².